The molecule has 7 nitrogen and oxygen atoms in total. The lowest BCUT2D eigenvalue weighted by atomic mass is 10.1. The first-order valence-electron chi connectivity index (χ1n) is 8.18. The first-order chi connectivity index (χ1) is 12.6. The fourth-order valence-corrected chi connectivity index (χ4v) is 2.78. The summed E-state index contributed by atoms with van der Waals surface area (Å²) in [4.78, 5) is 38.0. The first-order valence-corrected chi connectivity index (χ1v) is 8.18. The van der Waals surface area contributed by atoms with Crippen molar-refractivity contribution in [3.8, 4) is 5.75 Å². The second-order valence-electron chi connectivity index (χ2n) is 5.91. The molecule has 1 atom stereocenters. The van der Waals surface area contributed by atoms with Crippen LogP contribution in [0.25, 0.3) is 0 Å². The van der Waals surface area contributed by atoms with Crippen molar-refractivity contribution in [2.45, 2.75) is 6.42 Å². The minimum Gasteiger partial charge on any atom is -0.497 e. The Morgan fingerprint density at radius 2 is 1.73 bits per heavy atom. The van der Waals surface area contributed by atoms with Crippen molar-refractivity contribution >= 4 is 23.4 Å². The molecule has 1 saturated heterocycles. The highest BCUT2D eigenvalue weighted by molar-refractivity contribution is 6.01. The number of methoxy groups -OCH3 is 1. The number of benzene rings is 2. The van der Waals surface area contributed by atoms with Crippen LogP contribution < -0.4 is 20.5 Å². The molecule has 1 aliphatic rings. The molecule has 3 amide bonds. The largest absolute Gasteiger partial charge is 0.497 e. The first kappa shape index (κ1) is 17.5. The molecule has 1 heterocycles. The molecular weight excluding hydrogens is 334 g/mol. The van der Waals surface area contributed by atoms with E-state index in [0.717, 1.165) is 0 Å². The van der Waals surface area contributed by atoms with Gasteiger partial charge >= 0.3 is 0 Å². The molecule has 134 valence electrons. The minimum absolute atomic E-state index is 0.0963. The van der Waals surface area contributed by atoms with Gasteiger partial charge in [-0.05, 0) is 36.4 Å². The molecule has 0 aromatic heterocycles. The van der Waals surface area contributed by atoms with Crippen molar-refractivity contribution in [1.29, 1.82) is 0 Å². The molecule has 3 rings (SSSR count). The highest BCUT2D eigenvalue weighted by Crippen LogP contribution is 2.26. The Bertz CT molecular complexity index is 805. The van der Waals surface area contributed by atoms with Crippen LogP contribution in [0.3, 0.4) is 0 Å². The molecule has 2 aromatic rings. The van der Waals surface area contributed by atoms with E-state index in [2.05, 4.69) is 10.9 Å². The number of amides is 3. The van der Waals surface area contributed by atoms with Gasteiger partial charge < -0.3 is 9.64 Å². The van der Waals surface area contributed by atoms with Gasteiger partial charge in [0, 0.05) is 24.2 Å². The predicted octanol–water partition coefficient (Wildman–Crippen LogP) is 1.51. The Kier molecular flexibility index (Phi) is 5.17. The maximum absolute atomic E-state index is 12.3. The van der Waals surface area contributed by atoms with Crippen LogP contribution in [0.5, 0.6) is 5.75 Å². The number of rotatable bonds is 4. The second-order valence-corrected chi connectivity index (χ2v) is 5.91. The molecule has 7 heteroatoms. The average molecular weight is 353 g/mol. The van der Waals surface area contributed by atoms with Gasteiger partial charge in [-0.15, -0.1) is 0 Å². The summed E-state index contributed by atoms with van der Waals surface area (Å²) < 4.78 is 5.10. The summed E-state index contributed by atoms with van der Waals surface area (Å²) >= 11 is 0. The number of hydrogen-bond acceptors (Lipinski definition) is 4. The Labute approximate surface area is 150 Å². The molecular formula is C19H19N3O4. The zero-order valence-corrected chi connectivity index (χ0v) is 14.3. The third-order valence-electron chi connectivity index (χ3n) is 4.22. The normalized spacial score (nSPS) is 16.3. The molecule has 26 heavy (non-hydrogen) atoms. The van der Waals surface area contributed by atoms with Crippen LogP contribution in [0.2, 0.25) is 0 Å². The summed E-state index contributed by atoms with van der Waals surface area (Å²) in [5.74, 6) is -0.766. The molecule has 0 saturated carbocycles. The van der Waals surface area contributed by atoms with Crippen LogP contribution in [0.4, 0.5) is 5.69 Å². The monoisotopic (exact) mass is 353 g/mol. The minimum atomic E-state index is -0.527. The molecule has 2 aromatic carbocycles. The van der Waals surface area contributed by atoms with E-state index in [0.29, 0.717) is 17.0 Å². The van der Waals surface area contributed by atoms with Gasteiger partial charge in [-0.1, -0.05) is 18.2 Å². The van der Waals surface area contributed by atoms with E-state index >= 15 is 0 Å². The quantitative estimate of drug-likeness (QED) is 0.816. The summed E-state index contributed by atoms with van der Waals surface area (Å²) in [5.41, 5.74) is 5.92. The molecule has 0 aliphatic carbocycles. The van der Waals surface area contributed by atoms with E-state index in [-0.39, 0.29) is 18.9 Å². The van der Waals surface area contributed by atoms with Crippen molar-refractivity contribution in [2.24, 2.45) is 5.92 Å². The Hall–Kier alpha value is -3.35. The van der Waals surface area contributed by atoms with Gasteiger partial charge in [-0.2, -0.15) is 0 Å². The summed E-state index contributed by atoms with van der Waals surface area (Å²) in [6, 6.07) is 15.6. The highest BCUT2D eigenvalue weighted by atomic mass is 16.5. The smallest absolute Gasteiger partial charge is 0.269 e. The van der Waals surface area contributed by atoms with Gasteiger partial charge in [0.05, 0.1) is 13.0 Å². The standard InChI is InChI=1S/C19H19N3O4/c1-26-16-9-7-15(8-10-16)22-12-14(11-17(22)23)19(25)21-20-18(24)13-5-3-2-4-6-13/h2-10,14H,11-12H2,1H3,(H,20,24)(H,21,25). The maximum atomic E-state index is 12.3. The van der Waals surface area contributed by atoms with Crippen molar-refractivity contribution in [1.82, 2.24) is 10.9 Å². The summed E-state index contributed by atoms with van der Waals surface area (Å²) in [6.07, 6.45) is 0.0963. The van der Waals surface area contributed by atoms with E-state index in [1.807, 2.05) is 0 Å². The lowest BCUT2D eigenvalue weighted by Gasteiger charge is -2.17. The number of hydrazine groups is 1. The molecule has 0 radical (unpaired) electrons. The number of nitrogens with zero attached hydrogens (tertiary/aromatic N) is 1. The molecule has 0 spiro atoms. The van der Waals surface area contributed by atoms with Gasteiger partial charge in [-0.25, -0.2) is 0 Å². The average Bonchev–Trinajstić information content (AvgIpc) is 3.08. The van der Waals surface area contributed by atoms with Crippen LogP contribution in [-0.2, 0) is 9.59 Å². The highest BCUT2D eigenvalue weighted by Gasteiger charge is 2.35. The van der Waals surface area contributed by atoms with Gasteiger partial charge in [0.1, 0.15) is 5.75 Å². The van der Waals surface area contributed by atoms with Crippen molar-refractivity contribution < 1.29 is 19.1 Å². The fraction of sp³-hybridized carbons (Fsp3) is 0.211. The Morgan fingerprint density at radius 1 is 1.04 bits per heavy atom. The van der Waals surface area contributed by atoms with E-state index in [1.165, 1.54) is 0 Å². The van der Waals surface area contributed by atoms with E-state index in [1.54, 1.807) is 66.6 Å². The molecule has 1 aliphatic heterocycles. The zero-order chi connectivity index (χ0) is 18.5. The Balaban J connectivity index is 1.57. The lowest BCUT2D eigenvalue weighted by molar-refractivity contribution is -0.126. The number of carbonyl (C=O) groups excluding carboxylic acids is 3. The van der Waals surface area contributed by atoms with E-state index in [4.69, 9.17) is 4.74 Å². The van der Waals surface area contributed by atoms with Gasteiger partial charge in [0.25, 0.3) is 5.91 Å². The summed E-state index contributed by atoms with van der Waals surface area (Å²) in [5, 5.41) is 0. The Morgan fingerprint density at radius 3 is 2.38 bits per heavy atom. The molecule has 2 N–H and O–H groups in total. The van der Waals surface area contributed by atoms with Gasteiger partial charge in [0.2, 0.25) is 11.8 Å². The van der Waals surface area contributed by atoms with E-state index < -0.39 is 17.7 Å². The van der Waals surface area contributed by atoms with Crippen molar-refractivity contribution in [3.63, 3.8) is 0 Å². The second kappa shape index (κ2) is 7.69. The van der Waals surface area contributed by atoms with Crippen LogP contribution >= 0.6 is 0 Å². The topological polar surface area (TPSA) is 87.7 Å². The van der Waals surface area contributed by atoms with Crippen molar-refractivity contribution in [2.75, 3.05) is 18.6 Å². The third-order valence-corrected chi connectivity index (χ3v) is 4.22. The number of ether oxygens (including phenoxy) is 1. The number of hydrogen-bond donors (Lipinski definition) is 2. The maximum Gasteiger partial charge on any atom is 0.269 e. The summed E-state index contributed by atoms with van der Waals surface area (Å²) in [7, 11) is 1.57. The number of nitrogens with one attached hydrogen (secondary N) is 2. The van der Waals surface area contributed by atoms with Gasteiger partial charge in [-0.3, -0.25) is 25.2 Å². The van der Waals surface area contributed by atoms with Gasteiger partial charge in [0.15, 0.2) is 0 Å². The number of carbonyl (C=O) groups is 3. The lowest BCUT2D eigenvalue weighted by Crippen LogP contribution is -2.45. The summed E-state index contributed by atoms with van der Waals surface area (Å²) in [6.45, 7) is 0.262. The molecule has 1 unspecified atom stereocenters. The molecule has 0 bridgehead atoms. The zero-order valence-electron chi connectivity index (χ0n) is 14.3. The fourth-order valence-electron chi connectivity index (χ4n) is 2.78. The predicted molar refractivity (Wildman–Crippen MR) is 95.5 cm³/mol. The third kappa shape index (κ3) is 3.83. The van der Waals surface area contributed by atoms with Crippen LogP contribution in [0.15, 0.2) is 54.6 Å². The van der Waals surface area contributed by atoms with Crippen molar-refractivity contribution in [3.05, 3.63) is 60.2 Å². The van der Waals surface area contributed by atoms with E-state index in [9.17, 15) is 14.4 Å². The van der Waals surface area contributed by atoms with Crippen LogP contribution in [0, 0.1) is 5.92 Å². The number of anilines is 1. The van der Waals surface area contributed by atoms with Crippen LogP contribution in [0.1, 0.15) is 16.8 Å². The molecule has 1 fully saturated rings. The van der Waals surface area contributed by atoms with Crippen LogP contribution in [-0.4, -0.2) is 31.4 Å². The SMILES string of the molecule is COc1ccc(N2CC(C(=O)NNC(=O)c3ccccc3)CC2=O)cc1.